The first kappa shape index (κ1) is 16.7. The SMILES string of the molecule is CN(Cc1cccnc1)S(=O)(=O)c1c(Cl)cc(Br)cc1Cl. The van der Waals surface area contributed by atoms with Crippen molar-refractivity contribution in [3.05, 3.63) is 56.7 Å². The van der Waals surface area contributed by atoms with Gasteiger partial charge in [-0.3, -0.25) is 4.98 Å². The molecule has 4 nitrogen and oxygen atoms in total. The normalized spacial score (nSPS) is 11.9. The molecule has 0 aliphatic carbocycles. The minimum atomic E-state index is -3.79. The zero-order valence-corrected chi connectivity index (χ0v) is 14.8. The fourth-order valence-corrected chi connectivity index (χ4v) is 4.80. The first-order chi connectivity index (χ1) is 9.82. The lowest BCUT2D eigenvalue weighted by Crippen LogP contribution is -2.27. The van der Waals surface area contributed by atoms with E-state index in [9.17, 15) is 8.42 Å². The second kappa shape index (κ2) is 6.62. The maximum atomic E-state index is 12.6. The molecule has 0 N–H and O–H groups in total. The van der Waals surface area contributed by atoms with E-state index < -0.39 is 10.0 Å². The fourth-order valence-electron chi connectivity index (χ4n) is 1.76. The van der Waals surface area contributed by atoms with E-state index in [0.717, 1.165) is 5.56 Å². The quantitative estimate of drug-likeness (QED) is 0.767. The van der Waals surface area contributed by atoms with Crippen LogP contribution in [-0.2, 0) is 16.6 Å². The number of hydrogen-bond acceptors (Lipinski definition) is 3. The summed E-state index contributed by atoms with van der Waals surface area (Å²) in [7, 11) is -2.33. The molecule has 2 aromatic rings. The van der Waals surface area contributed by atoms with Crippen molar-refractivity contribution in [2.75, 3.05) is 7.05 Å². The molecule has 0 fully saturated rings. The molecule has 0 aliphatic rings. The molecule has 112 valence electrons. The van der Waals surface area contributed by atoms with Gasteiger partial charge in [0.25, 0.3) is 0 Å². The minimum Gasteiger partial charge on any atom is -0.264 e. The highest BCUT2D eigenvalue weighted by atomic mass is 79.9. The number of aromatic nitrogens is 1. The highest BCUT2D eigenvalue weighted by Crippen LogP contribution is 2.34. The average molecular weight is 410 g/mol. The number of sulfonamides is 1. The molecule has 0 unspecified atom stereocenters. The second-order valence-electron chi connectivity index (χ2n) is 4.32. The Balaban J connectivity index is 2.38. The van der Waals surface area contributed by atoms with Crippen LogP contribution >= 0.6 is 39.1 Å². The van der Waals surface area contributed by atoms with Crippen LogP contribution in [0.2, 0.25) is 10.0 Å². The summed E-state index contributed by atoms with van der Waals surface area (Å²) in [5.74, 6) is 0. The van der Waals surface area contributed by atoms with Gasteiger partial charge in [-0.15, -0.1) is 0 Å². The van der Waals surface area contributed by atoms with E-state index in [-0.39, 0.29) is 21.5 Å². The van der Waals surface area contributed by atoms with Gasteiger partial charge in [0.15, 0.2) is 0 Å². The van der Waals surface area contributed by atoms with Crippen LogP contribution in [0.5, 0.6) is 0 Å². The number of hydrogen-bond donors (Lipinski definition) is 0. The minimum absolute atomic E-state index is 0.0763. The van der Waals surface area contributed by atoms with Crippen molar-refractivity contribution in [2.24, 2.45) is 0 Å². The third kappa shape index (κ3) is 3.76. The molecule has 0 spiro atoms. The molecule has 0 bridgehead atoms. The summed E-state index contributed by atoms with van der Waals surface area (Å²) in [5.41, 5.74) is 0.771. The van der Waals surface area contributed by atoms with Crippen molar-refractivity contribution in [1.82, 2.24) is 9.29 Å². The van der Waals surface area contributed by atoms with Gasteiger partial charge in [0.1, 0.15) is 4.90 Å². The summed E-state index contributed by atoms with van der Waals surface area (Å²) in [4.78, 5) is 3.86. The van der Waals surface area contributed by atoms with Crippen LogP contribution in [0.3, 0.4) is 0 Å². The van der Waals surface area contributed by atoms with Crippen molar-refractivity contribution in [2.45, 2.75) is 11.4 Å². The Morgan fingerprint density at radius 3 is 2.43 bits per heavy atom. The van der Waals surface area contributed by atoms with Gasteiger partial charge >= 0.3 is 0 Å². The lowest BCUT2D eigenvalue weighted by Gasteiger charge is -2.19. The number of nitrogens with zero attached hydrogens (tertiary/aromatic N) is 2. The lowest BCUT2D eigenvalue weighted by atomic mass is 10.3. The Bertz CT molecular complexity index is 731. The van der Waals surface area contributed by atoms with Crippen LogP contribution in [0.4, 0.5) is 0 Å². The van der Waals surface area contributed by atoms with Gasteiger partial charge in [0.05, 0.1) is 10.0 Å². The standard InChI is InChI=1S/C13H11BrCl2N2O2S/c1-18(8-9-3-2-4-17-7-9)21(19,20)13-11(15)5-10(14)6-12(13)16/h2-7H,8H2,1H3. The first-order valence-electron chi connectivity index (χ1n) is 5.82. The maximum Gasteiger partial charge on any atom is 0.246 e. The average Bonchev–Trinajstić information content (AvgIpc) is 2.38. The Hall–Kier alpha value is -0.660. The summed E-state index contributed by atoms with van der Waals surface area (Å²) in [6.07, 6.45) is 3.23. The molecule has 0 saturated carbocycles. The number of rotatable bonds is 4. The van der Waals surface area contributed by atoms with Gasteiger partial charge in [-0.25, -0.2) is 8.42 Å². The number of benzene rings is 1. The molecule has 0 atom stereocenters. The monoisotopic (exact) mass is 408 g/mol. The van der Waals surface area contributed by atoms with Crippen molar-refractivity contribution >= 4 is 49.2 Å². The molecular formula is C13H11BrCl2N2O2S. The third-order valence-corrected chi connectivity index (χ3v) is 5.94. The van der Waals surface area contributed by atoms with Gasteiger partial charge in [-0.2, -0.15) is 4.31 Å². The summed E-state index contributed by atoms with van der Waals surface area (Å²) in [5, 5.41) is 0.153. The number of pyridine rings is 1. The van der Waals surface area contributed by atoms with Gasteiger partial charge in [0, 0.05) is 30.5 Å². The summed E-state index contributed by atoms with van der Waals surface area (Å²) < 4.78 is 27.0. The van der Waals surface area contributed by atoms with Crippen LogP contribution in [-0.4, -0.2) is 24.8 Å². The van der Waals surface area contributed by atoms with Gasteiger partial charge < -0.3 is 0 Å². The third-order valence-electron chi connectivity index (χ3n) is 2.76. The molecule has 0 saturated heterocycles. The van der Waals surface area contributed by atoms with Gasteiger partial charge in [-0.1, -0.05) is 45.2 Å². The summed E-state index contributed by atoms with van der Waals surface area (Å²) in [6, 6.07) is 6.54. The molecule has 2 rings (SSSR count). The summed E-state index contributed by atoms with van der Waals surface area (Å²) >= 11 is 15.3. The van der Waals surface area contributed by atoms with Crippen molar-refractivity contribution in [3.8, 4) is 0 Å². The summed E-state index contributed by atoms with van der Waals surface area (Å²) in [6.45, 7) is 0.179. The molecule has 0 aliphatic heterocycles. The number of halogens is 3. The van der Waals surface area contributed by atoms with Crippen LogP contribution in [0.25, 0.3) is 0 Å². The van der Waals surface area contributed by atoms with Crippen molar-refractivity contribution < 1.29 is 8.42 Å². The van der Waals surface area contributed by atoms with Crippen molar-refractivity contribution in [3.63, 3.8) is 0 Å². The second-order valence-corrected chi connectivity index (χ2v) is 8.03. The van der Waals surface area contributed by atoms with Crippen LogP contribution in [0, 0.1) is 0 Å². The van der Waals surface area contributed by atoms with Gasteiger partial charge in [-0.05, 0) is 23.8 Å². The molecular weight excluding hydrogens is 399 g/mol. The molecule has 8 heteroatoms. The Morgan fingerprint density at radius 1 is 1.29 bits per heavy atom. The van der Waals surface area contributed by atoms with Crippen LogP contribution in [0.1, 0.15) is 5.56 Å². The molecule has 0 amide bonds. The van der Waals surface area contributed by atoms with Crippen LogP contribution < -0.4 is 0 Å². The zero-order chi connectivity index (χ0) is 15.6. The van der Waals surface area contributed by atoms with E-state index in [1.165, 1.54) is 23.5 Å². The van der Waals surface area contributed by atoms with Gasteiger partial charge in [0.2, 0.25) is 10.0 Å². The fraction of sp³-hybridized carbons (Fsp3) is 0.154. The maximum absolute atomic E-state index is 12.6. The van der Waals surface area contributed by atoms with E-state index in [4.69, 9.17) is 23.2 Å². The molecule has 1 aromatic heterocycles. The smallest absolute Gasteiger partial charge is 0.246 e. The predicted molar refractivity (Wildman–Crippen MR) is 87.1 cm³/mol. The van der Waals surface area contributed by atoms with E-state index in [1.54, 1.807) is 24.5 Å². The van der Waals surface area contributed by atoms with E-state index in [1.807, 2.05) is 0 Å². The zero-order valence-electron chi connectivity index (χ0n) is 10.9. The topological polar surface area (TPSA) is 50.3 Å². The van der Waals surface area contributed by atoms with Crippen molar-refractivity contribution in [1.29, 1.82) is 0 Å². The predicted octanol–water partition coefficient (Wildman–Crippen LogP) is 3.97. The molecule has 0 radical (unpaired) electrons. The largest absolute Gasteiger partial charge is 0.264 e. The van der Waals surface area contributed by atoms with E-state index in [2.05, 4.69) is 20.9 Å². The Kier molecular flexibility index (Phi) is 5.27. The highest BCUT2D eigenvalue weighted by molar-refractivity contribution is 9.10. The van der Waals surface area contributed by atoms with Crippen LogP contribution in [0.15, 0.2) is 46.0 Å². The van der Waals surface area contributed by atoms with E-state index in [0.29, 0.717) is 4.47 Å². The van der Waals surface area contributed by atoms with E-state index >= 15 is 0 Å². The molecule has 21 heavy (non-hydrogen) atoms. The first-order valence-corrected chi connectivity index (χ1v) is 8.81. The Morgan fingerprint density at radius 2 is 1.90 bits per heavy atom. The Labute approximate surface area is 141 Å². The molecule has 1 heterocycles. The highest BCUT2D eigenvalue weighted by Gasteiger charge is 2.27. The molecule has 1 aromatic carbocycles. The lowest BCUT2D eigenvalue weighted by molar-refractivity contribution is 0.466.